The number of aromatic nitrogens is 1. The van der Waals surface area contributed by atoms with E-state index >= 15 is 0 Å². The minimum atomic E-state index is -3.57. The molecule has 1 aromatic heterocycles. The first-order valence-corrected chi connectivity index (χ1v) is 7.95. The van der Waals surface area contributed by atoms with Crippen LogP contribution in [0.15, 0.2) is 35.4 Å². The third kappa shape index (κ3) is 3.01. The third-order valence-electron chi connectivity index (χ3n) is 2.23. The van der Waals surface area contributed by atoms with E-state index < -0.39 is 10.0 Å². The Kier molecular flexibility index (Phi) is 3.89. The Morgan fingerprint density at radius 3 is 2.50 bits per heavy atom. The van der Waals surface area contributed by atoms with Gasteiger partial charge in [-0.3, -0.25) is 4.72 Å². The summed E-state index contributed by atoms with van der Waals surface area (Å²) in [6, 6.07) is 6.43. The molecule has 0 radical (unpaired) electrons. The quantitative estimate of drug-likeness (QED) is 0.883. The number of benzene rings is 1. The lowest BCUT2D eigenvalue weighted by atomic mass is 10.2. The number of rotatable bonds is 4. The molecular formula is C11H11ClN2O2S2. The normalized spacial score (nSPS) is 11.4. The van der Waals surface area contributed by atoms with Crippen LogP contribution in [-0.4, -0.2) is 13.4 Å². The molecule has 2 aromatic rings. The number of hydrogen-bond donors (Lipinski definition) is 1. The SMILES string of the molecule is Cc1cnc(NS(=O)(=O)c2ccc(CCl)cc2)s1. The van der Waals surface area contributed by atoms with Crippen LogP contribution in [0.2, 0.25) is 0 Å². The molecule has 0 fully saturated rings. The van der Waals surface area contributed by atoms with E-state index in [4.69, 9.17) is 11.6 Å². The zero-order valence-electron chi connectivity index (χ0n) is 9.55. The fourth-order valence-corrected chi connectivity index (χ4v) is 3.42. The Morgan fingerprint density at radius 1 is 1.33 bits per heavy atom. The fourth-order valence-electron chi connectivity index (χ4n) is 1.33. The largest absolute Gasteiger partial charge is 0.263 e. The van der Waals surface area contributed by atoms with Gasteiger partial charge in [0, 0.05) is 17.0 Å². The number of halogens is 1. The Hall–Kier alpha value is -1.11. The van der Waals surface area contributed by atoms with Crippen molar-refractivity contribution in [3.63, 3.8) is 0 Å². The molecule has 0 atom stereocenters. The van der Waals surface area contributed by atoms with Crippen molar-refractivity contribution in [2.45, 2.75) is 17.7 Å². The molecule has 2 rings (SSSR count). The number of alkyl halides is 1. The molecule has 0 unspecified atom stereocenters. The van der Waals surface area contributed by atoms with Crippen LogP contribution in [-0.2, 0) is 15.9 Å². The van der Waals surface area contributed by atoms with E-state index in [2.05, 4.69) is 9.71 Å². The molecule has 96 valence electrons. The molecule has 1 N–H and O–H groups in total. The lowest BCUT2D eigenvalue weighted by Crippen LogP contribution is -2.12. The van der Waals surface area contributed by atoms with Crippen LogP contribution in [0, 0.1) is 6.92 Å². The number of nitrogens with one attached hydrogen (secondary N) is 1. The van der Waals surface area contributed by atoms with E-state index in [1.165, 1.54) is 23.5 Å². The summed E-state index contributed by atoms with van der Waals surface area (Å²) in [6.45, 7) is 1.87. The molecule has 7 heteroatoms. The predicted molar refractivity (Wildman–Crippen MR) is 73.7 cm³/mol. The second-order valence-corrected chi connectivity index (χ2v) is 6.84. The van der Waals surface area contributed by atoms with Crippen LogP contribution in [0.25, 0.3) is 0 Å². The Bertz CT molecular complexity index is 635. The van der Waals surface area contributed by atoms with E-state index in [1.54, 1.807) is 18.3 Å². The van der Waals surface area contributed by atoms with Crippen molar-refractivity contribution in [3.8, 4) is 0 Å². The van der Waals surface area contributed by atoms with E-state index in [-0.39, 0.29) is 4.90 Å². The molecule has 0 aliphatic carbocycles. The molecule has 0 saturated carbocycles. The second-order valence-electron chi connectivity index (χ2n) is 3.66. The van der Waals surface area contributed by atoms with Gasteiger partial charge in [0.15, 0.2) is 5.13 Å². The molecule has 0 aliphatic rings. The molecule has 1 heterocycles. The standard InChI is InChI=1S/C11H11ClN2O2S2/c1-8-7-13-11(17-8)14-18(15,16)10-4-2-9(6-12)3-5-10/h2-5,7H,6H2,1H3,(H,13,14). The number of sulfonamides is 1. The average molecular weight is 303 g/mol. The van der Waals surface area contributed by atoms with E-state index in [0.717, 1.165) is 10.4 Å². The first-order chi connectivity index (χ1) is 8.51. The Balaban J connectivity index is 2.24. The summed E-state index contributed by atoms with van der Waals surface area (Å²) >= 11 is 6.95. The summed E-state index contributed by atoms with van der Waals surface area (Å²) in [5.41, 5.74) is 0.876. The van der Waals surface area contributed by atoms with Gasteiger partial charge >= 0.3 is 0 Å². The summed E-state index contributed by atoms with van der Waals surface area (Å²) in [4.78, 5) is 5.11. The number of anilines is 1. The third-order valence-corrected chi connectivity index (χ3v) is 4.85. The van der Waals surface area contributed by atoms with Gasteiger partial charge in [-0.25, -0.2) is 13.4 Å². The van der Waals surface area contributed by atoms with Gasteiger partial charge in [0.1, 0.15) is 0 Å². The smallest absolute Gasteiger partial charge is 0.255 e. The van der Waals surface area contributed by atoms with Crippen molar-refractivity contribution in [1.29, 1.82) is 0 Å². The molecule has 0 saturated heterocycles. The molecule has 0 aliphatic heterocycles. The lowest BCUT2D eigenvalue weighted by molar-refractivity contribution is 0.601. The van der Waals surface area contributed by atoms with Gasteiger partial charge in [0.2, 0.25) is 0 Å². The summed E-state index contributed by atoms with van der Waals surface area (Å²) in [6.07, 6.45) is 1.62. The number of hydrogen-bond acceptors (Lipinski definition) is 4. The maximum Gasteiger partial charge on any atom is 0.263 e. The van der Waals surface area contributed by atoms with Gasteiger partial charge in [-0.05, 0) is 24.6 Å². The first kappa shape index (κ1) is 13.3. The highest BCUT2D eigenvalue weighted by atomic mass is 35.5. The predicted octanol–water partition coefficient (Wildman–Crippen LogP) is 2.99. The molecular weight excluding hydrogens is 292 g/mol. The van der Waals surface area contributed by atoms with Gasteiger partial charge in [0.05, 0.1) is 4.90 Å². The molecule has 1 aromatic carbocycles. The minimum absolute atomic E-state index is 0.198. The van der Waals surface area contributed by atoms with Crippen LogP contribution in [0.4, 0.5) is 5.13 Å². The fraction of sp³-hybridized carbons (Fsp3) is 0.182. The van der Waals surface area contributed by atoms with Crippen molar-refractivity contribution in [3.05, 3.63) is 40.9 Å². The van der Waals surface area contributed by atoms with Crippen molar-refractivity contribution in [1.82, 2.24) is 4.98 Å². The number of nitrogens with zero attached hydrogens (tertiary/aromatic N) is 1. The minimum Gasteiger partial charge on any atom is -0.255 e. The van der Waals surface area contributed by atoms with Gasteiger partial charge < -0.3 is 0 Å². The van der Waals surface area contributed by atoms with E-state index in [0.29, 0.717) is 11.0 Å². The summed E-state index contributed by atoms with van der Waals surface area (Å²) in [5.74, 6) is 0.361. The van der Waals surface area contributed by atoms with Crippen LogP contribution >= 0.6 is 22.9 Å². The van der Waals surface area contributed by atoms with E-state index in [9.17, 15) is 8.42 Å². The first-order valence-electron chi connectivity index (χ1n) is 5.11. The van der Waals surface area contributed by atoms with Gasteiger partial charge in [-0.15, -0.1) is 22.9 Å². The van der Waals surface area contributed by atoms with E-state index in [1.807, 2.05) is 6.92 Å². The lowest BCUT2D eigenvalue weighted by Gasteiger charge is -2.05. The maximum absolute atomic E-state index is 12.0. The molecule has 0 spiro atoms. The monoisotopic (exact) mass is 302 g/mol. The van der Waals surface area contributed by atoms with Crippen molar-refractivity contribution >= 4 is 38.1 Å². The molecule has 0 amide bonds. The Labute approximate surface area is 115 Å². The van der Waals surface area contributed by atoms with Gasteiger partial charge in [-0.1, -0.05) is 12.1 Å². The highest BCUT2D eigenvalue weighted by molar-refractivity contribution is 7.93. The summed E-state index contributed by atoms with van der Waals surface area (Å²) < 4.78 is 26.5. The zero-order chi connectivity index (χ0) is 13.2. The van der Waals surface area contributed by atoms with Crippen LogP contribution < -0.4 is 4.72 Å². The number of thiazole rings is 1. The van der Waals surface area contributed by atoms with Gasteiger partial charge in [0.25, 0.3) is 10.0 Å². The van der Waals surface area contributed by atoms with Crippen molar-refractivity contribution < 1.29 is 8.42 Å². The van der Waals surface area contributed by atoms with Crippen LogP contribution in [0.5, 0.6) is 0 Å². The van der Waals surface area contributed by atoms with Crippen LogP contribution in [0.3, 0.4) is 0 Å². The topological polar surface area (TPSA) is 59.1 Å². The highest BCUT2D eigenvalue weighted by Crippen LogP contribution is 2.21. The number of aryl methyl sites for hydroxylation is 1. The van der Waals surface area contributed by atoms with Crippen molar-refractivity contribution in [2.75, 3.05) is 4.72 Å². The molecule has 4 nitrogen and oxygen atoms in total. The van der Waals surface area contributed by atoms with Crippen LogP contribution in [0.1, 0.15) is 10.4 Å². The highest BCUT2D eigenvalue weighted by Gasteiger charge is 2.15. The summed E-state index contributed by atoms with van der Waals surface area (Å²) in [5, 5.41) is 0.369. The molecule has 18 heavy (non-hydrogen) atoms. The average Bonchev–Trinajstić information content (AvgIpc) is 2.74. The maximum atomic E-state index is 12.0. The summed E-state index contributed by atoms with van der Waals surface area (Å²) in [7, 11) is -3.57. The van der Waals surface area contributed by atoms with Gasteiger partial charge in [-0.2, -0.15) is 0 Å². The zero-order valence-corrected chi connectivity index (χ0v) is 11.9. The second kappa shape index (κ2) is 5.26. The molecule has 0 bridgehead atoms. The Morgan fingerprint density at radius 2 is 2.00 bits per heavy atom. The van der Waals surface area contributed by atoms with Crippen molar-refractivity contribution in [2.24, 2.45) is 0 Å².